The zero-order chi connectivity index (χ0) is 17.0. The number of urea groups is 1. The fourth-order valence-corrected chi connectivity index (χ4v) is 3.07. The molecule has 7 heteroatoms. The second-order valence-corrected chi connectivity index (χ2v) is 6.12. The molecule has 0 bridgehead atoms. The van der Waals surface area contributed by atoms with E-state index in [1.54, 1.807) is 24.0 Å². The second-order valence-electron chi connectivity index (χ2n) is 6.12. The van der Waals surface area contributed by atoms with Crippen LogP contribution in [-0.4, -0.2) is 55.0 Å². The van der Waals surface area contributed by atoms with E-state index in [4.69, 9.17) is 9.47 Å². The average molecular weight is 333 g/mol. The number of nitrogens with one attached hydrogen (secondary N) is 2. The van der Waals surface area contributed by atoms with Crippen molar-refractivity contribution in [2.45, 2.75) is 31.6 Å². The molecule has 1 unspecified atom stereocenters. The smallest absolute Gasteiger partial charge is 0.319 e. The molecule has 2 aliphatic rings. The molecule has 2 fully saturated rings. The molecule has 24 heavy (non-hydrogen) atoms. The maximum atomic E-state index is 12.5. The summed E-state index contributed by atoms with van der Waals surface area (Å²) in [6.07, 6.45) is 1.34. The molecule has 7 nitrogen and oxygen atoms in total. The second kappa shape index (κ2) is 7.19. The van der Waals surface area contributed by atoms with Crippen molar-refractivity contribution in [3.05, 3.63) is 30.3 Å². The molecule has 0 saturated carbocycles. The molecule has 2 aliphatic heterocycles. The van der Waals surface area contributed by atoms with Crippen LogP contribution in [0.1, 0.15) is 19.8 Å². The minimum absolute atomic E-state index is 0.0916. The average Bonchev–Trinajstić information content (AvgIpc) is 3.04. The van der Waals surface area contributed by atoms with Crippen LogP contribution in [0.5, 0.6) is 0 Å². The molecule has 2 heterocycles. The van der Waals surface area contributed by atoms with Crippen LogP contribution in [0.15, 0.2) is 30.3 Å². The molecule has 130 valence electrons. The van der Waals surface area contributed by atoms with Crippen molar-refractivity contribution in [2.24, 2.45) is 0 Å². The summed E-state index contributed by atoms with van der Waals surface area (Å²) >= 11 is 0. The molecule has 1 aromatic rings. The molecule has 1 atom stereocenters. The molecule has 2 N–H and O–H groups in total. The zero-order valence-corrected chi connectivity index (χ0v) is 13.8. The summed E-state index contributed by atoms with van der Waals surface area (Å²) in [4.78, 5) is 26.2. The lowest BCUT2D eigenvalue weighted by Crippen LogP contribution is -2.53. The Balaban J connectivity index is 1.47. The van der Waals surface area contributed by atoms with Gasteiger partial charge in [0.25, 0.3) is 0 Å². The van der Waals surface area contributed by atoms with Gasteiger partial charge in [-0.25, -0.2) is 4.79 Å². The summed E-state index contributed by atoms with van der Waals surface area (Å²) in [5, 5.41) is 5.39. The summed E-state index contributed by atoms with van der Waals surface area (Å²) in [6.45, 7) is 4.08. The van der Waals surface area contributed by atoms with E-state index in [0.29, 0.717) is 44.8 Å². The standard InChI is InChI=1S/C17H23N3O4/c1-13(18-16(22)19-14-5-3-2-4-6-14)15(21)20-9-7-17(8-10-20)23-11-12-24-17/h2-6,13H,7-12H2,1H3,(H2,18,19,22). The lowest BCUT2D eigenvalue weighted by molar-refractivity contribution is -0.187. The first-order valence-electron chi connectivity index (χ1n) is 8.27. The topological polar surface area (TPSA) is 79.9 Å². The Morgan fingerprint density at radius 1 is 1.12 bits per heavy atom. The largest absolute Gasteiger partial charge is 0.347 e. The zero-order valence-electron chi connectivity index (χ0n) is 13.8. The molecular weight excluding hydrogens is 310 g/mol. The Morgan fingerprint density at radius 2 is 1.75 bits per heavy atom. The van der Waals surface area contributed by atoms with Crippen LogP contribution < -0.4 is 10.6 Å². The van der Waals surface area contributed by atoms with Crippen LogP contribution in [0.25, 0.3) is 0 Å². The van der Waals surface area contributed by atoms with Gasteiger partial charge in [-0.1, -0.05) is 18.2 Å². The highest BCUT2D eigenvalue weighted by Crippen LogP contribution is 2.31. The van der Waals surface area contributed by atoms with Crippen LogP contribution in [0, 0.1) is 0 Å². The van der Waals surface area contributed by atoms with Gasteiger partial charge in [-0.05, 0) is 19.1 Å². The first kappa shape index (κ1) is 16.7. The fraction of sp³-hybridized carbons (Fsp3) is 0.529. The number of hydrogen-bond donors (Lipinski definition) is 2. The van der Waals surface area contributed by atoms with Crippen molar-refractivity contribution >= 4 is 17.6 Å². The Hall–Kier alpha value is -2.12. The summed E-state index contributed by atoms with van der Waals surface area (Å²) in [7, 11) is 0. The predicted octanol–water partition coefficient (Wildman–Crippen LogP) is 1.56. The highest BCUT2D eigenvalue weighted by molar-refractivity contribution is 5.93. The molecule has 2 saturated heterocycles. The highest BCUT2D eigenvalue weighted by Gasteiger charge is 2.41. The van der Waals surface area contributed by atoms with Crippen LogP contribution >= 0.6 is 0 Å². The van der Waals surface area contributed by atoms with Crippen molar-refractivity contribution in [3.63, 3.8) is 0 Å². The molecule has 0 radical (unpaired) electrons. The van der Waals surface area contributed by atoms with Crippen LogP contribution in [0.2, 0.25) is 0 Å². The van der Waals surface area contributed by atoms with Crippen molar-refractivity contribution in [1.29, 1.82) is 0 Å². The van der Waals surface area contributed by atoms with Gasteiger partial charge in [0.05, 0.1) is 13.2 Å². The SMILES string of the molecule is CC(NC(=O)Nc1ccccc1)C(=O)N1CCC2(CC1)OCCO2. The Kier molecular flexibility index (Phi) is 5.01. The molecule has 3 rings (SSSR count). The minimum Gasteiger partial charge on any atom is -0.347 e. The van der Waals surface area contributed by atoms with Gasteiger partial charge >= 0.3 is 6.03 Å². The van der Waals surface area contributed by atoms with Crippen LogP contribution in [0.4, 0.5) is 10.5 Å². The first-order chi connectivity index (χ1) is 11.6. The maximum Gasteiger partial charge on any atom is 0.319 e. The third-order valence-corrected chi connectivity index (χ3v) is 4.40. The number of anilines is 1. The Labute approximate surface area is 141 Å². The lowest BCUT2D eigenvalue weighted by Gasteiger charge is -2.38. The summed E-state index contributed by atoms with van der Waals surface area (Å²) in [6, 6.07) is 8.14. The quantitative estimate of drug-likeness (QED) is 0.880. The Bertz CT molecular complexity index is 577. The minimum atomic E-state index is -0.590. The van der Waals surface area contributed by atoms with Gasteiger partial charge in [0.15, 0.2) is 5.79 Å². The number of rotatable bonds is 3. The van der Waals surface area contributed by atoms with E-state index < -0.39 is 17.9 Å². The van der Waals surface area contributed by atoms with Gasteiger partial charge in [-0.3, -0.25) is 4.79 Å². The molecule has 0 aliphatic carbocycles. The third-order valence-electron chi connectivity index (χ3n) is 4.40. The number of carbonyl (C=O) groups is 2. The molecule has 0 aromatic heterocycles. The van der Waals surface area contributed by atoms with E-state index >= 15 is 0 Å². The molecule has 1 aromatic carbocycles. The number of benzene rings is 1. The number of amides is 3. The number of nitrogens with zero attached hydrogens (tertiary/aromatic N) is 1. The number of carbonyl (C=O) groups excluding carboxylic acids is 2. The fourth-order valence-electron chi connectivity index (χ4n) is 3.07. The predicted molar refractivity (Wildman–Crippen MR) is 88.5 cm³/mol. The number of ether oxygens (including phenoxy) is 2. The number of hydrogen-bond acceptors (Lipinski definition) is 4. The maximum absolute atomic E-state index is 12.5. The van der Waals surface area contributed by atoms with E-state index in [9.17, 15) is 9.59 Å². The number of para-hydroxylation sites is 1. The monoisotopic (exact) mass is 333 g/mol. The van der Waals surface area contributed by atoms with Crippen molar-refractivity contribution in [1.82, 2.24) is 10.2 Å². The van der Waals surface area contributed by atoms with E-state index in [2.05, 4.69) is 10.6 Å². The Morgan fingerprint density at radius 3 is 2.38 bits per heavy atom. The molecule has 1 spiro atoms. The van der Waals surface area contributed by atoms with Gasteiger partial charge < -0.3 is 25.0 Å². The van der Waals surface area contributed by atoms with Crippen molar-refractivity contribution in [2.75, 3.05) is 31.6 Å². The van der Waals surface area contributed by atoms with E-state index in [0.717, 1.165) is 0 Å². The normalized spacial score (nSPS) is 20.6. The van der Waals surface area contributed by atoms with Crippen LogP contribution in [-0.2, 0) is 14.3 Å². The van der Waals surface area contributed by atoms with Crippen LogP contribution in [0.3, 0.4) is 0 Å². The van der Waals surface area contributed by atoms with Crippen molar-refractivity contribution < 1.29 is 19.1 Å². The summed E-state index contributed by atoms with van der Waals surface area (Å²) in [5.74, 6) is -0.593. The first-order valence-corrected chi connectivity index (χ1v) is 8.27. The van der Waals surface area contributed by atoms with Gasteiger partial charge in [-0.15, -0.1) is 0 Å². The highest BCUT2D eigenvalue weighted by atomic mass is 16.7. The van der Waals surface area contributed by atoms with Crippen molar-refractivity contribution in [3.8, 4) is 0 Å². The summed E-state index contributed by atoms with van der Waals surface area (Å²) < 4.78 is 11.3. The van der Waals surface area contributed by atoms with E-state index in [1.165, 1.54) is 0 Å². The van der Waals surface area contributed by atoms with E-state index in [1.807, 2.05) is 18.2 Å². The third kappa shape index (κ3) is 3.85. The number of piperidine rings is 1. The van der Waals surface area contributed by atoms with Gasteiger partial charge in [0.2, 0.25) is 5.91 Å². The van der Waals surface area contributed by atoms with E-state index in [-0.39, 0.29) is 5.91 Å². The summed E-state index contributed by atoms with van der Waals surface area (Å²) in [5.41, 5.74) is 0.685. The van der Waals surface area contributed by atoms with Gasteiger partial charge in [0.1, 0.15) is 6.04 Å². The molecular formula is C17H23N3O4. The van der Waals surface area contributed by atoms with Gasteiger partial charge in [0, 0.05) is 31.6 Å². The molecule has 3 amide bonds. The lowest BCUT2D eigenvalue weighted by atomic mass is 10.0. The number of likely N-dealkylation sites (tertiary alicyclic amines) is 1. The van der Waals surface area contributed by atoms with Gasteiger partial charge in [-0.2, -0.15) is 0 Å².